The fourth-order valence-corrected chi connectivity index (χ4v) is 2.82. The molecule has 1 aliphatic heterocycles. The second kappa shape index (κ2) is 7.65. The maximum absolute atomic E-state index is 12.2. The van der Waals surface area contributed by atoms with Crippen LogP contribution >= 0.6 is 0 Å². The Labute approximate surface area is 148 Å². The van der Waals surface area contributed by atoms with Crippen molar-refractivity contribution in [2.24, 2.45) is 0 Å². The molecule has 2 aromatic rings. The van der Waals surface area contributed by atoms with Crippen molar-refractivity contribution < 1.29 is 24.5 Å². The number of carbonyl (C=O) groups excluding carboxylic acids is 1. The van der Waals surface area contributed by atoms with Crippen LogP contribution in [0.2, 0.25) is 0 Å². The first kappa shape index (κ1) is 18.1. The summed E-state index contributed by atoms with van der Waals surface area (Å²) in [4.78, 5) is 27.7. The zero-order valence-electron chi connectivity index (χ0n) is 13.8. The van der Waals surface area contributed by atoms with E-state index in [1.807, 2.05) is 6.07 Å². The molecule has 26 heavy (non-hydrogen) atoms. The third-order valence-electron chi connectivity index (χ3n) is 4.07. The summed E-state index contributed by atoms with van der Waals surface area (Å²) in [7, 11) is 0. The number of aromatic nitrogens is 2. The van der Waals surface area contributed by atoms with Gasteiger partial charge in [0.05, 0.1) is 13.0 Å². The zero-order valence-corrected chi connectivity index (χ0v) is 13.8. The molecule has 1 aromatic carbocycles. The smallest absolute Gasteiger partial charge is 0.351 e. The number of nitrogens with two attached hydrogens (primary N) is 1. The topological polar surface area (TPSA) is 137 Å². The van der Waals surface area contributed by atoms with Crippen LogP contribution in [0, 0.1) is 0 Å². The van der Waals surface area contributed by atoms with Gasteiger partial charge >= 0.3 is 11.7 Å². The van der Waals surface area contributed by atoms with Crippen LogP contribution in [0.3, 0.4) is 0 Å². The Kier molecular flexibility index (Phi) is 5.31. The van der Waals surface area contributed by atoms with Gasteiger partial charge in [-0.2, -0.15) is 4.98 Å². The number of aliphatic hydroxyl groups excluding tert-OH is 2. The lowest BCUT2D eigenvalue weighted by molar-refractivity contribution is -0.155. The number of esters is 1. The first-order chi connectivity index (χ1) is 12.5. The predicted octanol–water partition coefficient (Wildman–Crippen LogP) is -0.769. The van der Waals surface area contributed by atoms with Crippen molar-refractivity contribution >= 4 is 11.8 Å². The minimum Gasteiger partial charge on any atom is -0.456 e. The Hall–Kier alpha value is -2.75. The summed E-state index contributed by atoms with van der Waals surface area (Å²) < 4.78 is 11.8. The fourth-order valence-electron chi connectivity index (χ4n) is 2.82. The Morgan fingerprint density at radius 2 is 2.04 bits per heavy atom. The van der Waals surface area contributed by atoms with E-state index >= 15 is 0 Å². The molecule has 0 amide bonds. The predicted molar refractivity (Wildman–Crippen MR) is 89.9 cm³/mol. The largest absolute Gasteiger partial charge is 0.456 e. The van der Waals surface area contributed by atoms with Crippen LogP contribution in [0.1, 0.15) is 11.8 Å². The highest BCUT2D eigenvalue weighted by Crippen LogP contribution is 2.30. The van der Waals surface area contributed by atoms with Crippen molar-refractivity contribution in [2.45, 2.75) is 31.0 Å². The van der Waals surface area contributed by atoms with Gasteiger partial charge in [0.2, 0.25) is 0 Å². The van der Waals surface area contributed by atoms with E-state index in [-0.39, 0.29) is 12.2 Å². The summed E-state index contributed by atoms with van der Waals surface area (Å²) >= 11 is 0. The summed E-state index contributed by atoms with van der Waals surface area (Å²) in [6.07, 6.45) is -3.26. The van der Waals surface area contributed by atoms with E-state index in [4.69, 9.17) is 15.2 Å². The highest BCUT2D eigenvalue weighted by Gasteiger charge is 2.47. The van der Waals surface area contributed by atoms with Gasteiger partial charge < -0.3 is 25.4 Å². The van der Waals surface area contributed by atoms with Crippen molar-refractivity contribution in [3.8, 4) is 0 Å². The Balaban J connectivity index is 1.74. The highest BCUT2D eigenvalue weighted by molar-refractivity contribution is 5.72. The number of rotatable bonds is 5. The number of benzene rings is 1. The second-order valence-electron chi connectivity index (χ2n) is 5.90. The molecule has 9 heteroatoms. The zero-order chi connectivity index (χ0) is 18.7. The van der Waals surface area contributed by atoms with E-state index in [9.17, 15) is 19.8 Å². The van der Waals surface area contributed by atoms with E-state index in [1.165, 1.54) is 12.3 Å². The third-order valence-corrected chi connectivity index (χ3v) is 4.07. The lowest BCUT2D eigenvalue weighted by atomic mass is 10.1. The number of nitrogen functional groups attached to an aromatic ring is 1. The summed E-state index contributed by atoms with van der Waals surface area (Å²) in [6, 6.07) is 10.3. The highest BCUT2D eigenvalue weighted by atomic mass is 16.6. The molecule has 0 radical (unpaired) electrons. The van der Waals surface area contributed by atoms with Crippen molar-refractivity contribution in [1.82, 2.24) is 9.55 Å². The Bertz CT molecular complexity index is 825. The molecule has 4 N–H and O–H groups in total. The lowest BCUT2D eigenvalue weighted by Gasteiger charge is -2.20. The van der Waals surface area contributed by atoms with Crippen LogP contribution in [-0.4, -0.2) is 50.7 Å². The summed E-state index contributed by atoms with van der Waals surface area (Å²) in [5.74, 6) is -0.547. The van der Waals surface area contributed by atoms with Gasteiger partial charge in [0.25, 0.3) is 0 Å². The molecule has 3 rings (SSSR count). The Morgan fingerprint density at radius 1 is 1.31 bits per heavy atom. The molecule has 1 fully saturated rings. The molecular formula is C17H19N3O6. The van der Waals surface area contributed by atoms with Crippen LogP contribution in [0.4, 0.5) is 5.82 Å². The van der Waals surface area contributed by atoms with Crippen LogP contribution in [-0.2, 0) is 20.7 Å². The van der Waals surface area contributed by atoms with Crippen LogP contribution in [0.15, 0.2) is 47.4 Å². The molecule has 0 bridgehead atoms. The number of nitrogens with zero attached hydrogens (tertiary/aromatic N) is 2. The number of hydrogen-bond donors (Lipinski definition) is 3. The molecule has 9 nitrogen and oxygen atoms in total. The van der Waals surface area contributed by atoms with Gasteiger partial charge in [0.1, 0.15) is 18.0 Å². The number of anilines is 1. The van der Waals surface area contributed by atoms with Crippen LogP contribution in [0.25, 0.3) is 0 Å². The van der Waals surface area contributed by atoms with Gasteiger partial charge in [-0.05, 0) is 11.6 Å². The van der Waals surface area contributed by atoms with Crippen molar-refractivity contribution in [3.63, 3.8) is 0 Å². The third kappa shape index (κ3) is 3.74. The molecule has 0 aliphatic carbocycles. The van der Waals surface area contributed by atoms with Crippen LogP contribution in [0.5, 0.6) is 0 Å². The lowest BCUT2D eigenvalue weighted by Crippen LogP contribution is -2.39. The minimum absolute atomic E-state index is 0.0102. The van der Waals surface area contributed by atoms with E-state index < -0.39 is 42.8 Å². The molecule has 4 atom stereocenters. The second-order valence-corrected chi connectivity index (χ2v) is 5.90. The summed E-state index contributed by atoms with van der Waals surface area (Å²) in [5.41, 5.74) is 5.48. The van der Waals surface area contributed by atoms with Gasteiger partial charge in [-0.3, -0.25) is 9.36 Å². The minimum atomic E-state index is -1.35. The standard InChI is InChI=1S/C17H19N3O6/c18-12-6-7-20(17(24)19-12)16-14(23)15(11(9-21)25-16)26-13(22)8-10-4-2-1-3-5-10/h1-7,11,14-16,21,23H,8-9H2,(H2,18,19,24)/t11-,14+,15-,16-/m1/s1. The first-order valence-electron chi connectivity index (χ1n) is 8.02. The molecule has 138 valence electrons. The SMILES string of the molecule is Nc1ccn([C@@H]2O[C@H](CO)[C@@H](OC(=O)Cc3ccccc3)[C@@H]2O)c(=O)n1. The van der Waals surface area contributed by atoms with E-state index in [1.54, 1.807) is 24.3 Å². The maximum atomic E-state index is 12.2. The molecule has 1 saturated heterocycles. The maximum Gasteiger partial charge on any atom is 0.351 e. The molecule has 0 saturated carbocycles. The van der Waals surface area contributed by atoms with Gasteiger partial charge in [-0.15, -0.1) is 0 Å². The fraction of sp³-hybridized carbons (Fsp3) is 0.353. The summed E-state index contributed by atoms with van der Waals surface area (Å²) in [6.45, 7) is -0.492. The number of hydrogen-bond acceptors (Lipinski definition) is 8. The molecule has 0 spiro atoms. The van der Waals surface area contributed by atoms with E-state index in [2.05, 4.69) is 4.98 Å². The van der Waals surface area contributed by atoms with Gasteiger partial charge in [-0.1, -0.05) is 30.3 Å². The molecule has 0 unspecified atom stereocenters. The van der Waals surface area contributed by atoms with E-state index in [0.717, 1.165) is 10.1 Å². The number of ether oxygens (including phenoxy) is 2. The molecule has 1 aromatic heterocycles. The quantitative estimate of drug-likeness (QED) is 0.591. The monoisotopic (exact) mass is 361 g/mol. The average Bonchev–Trinajstić information content (AvgIpc) is 2.92. The van der Waals surface area contributed by atoms with Crippen molar-refractivity contribution in [1.29, 1.82) is 0 Å². The number of carbonyl (C=O) groups is 1. The van der Waals surface area contributed by atoms with Gasteiger partial charge in [-0.25, -0.2) is 4.79 Å². The number of aliphatic hydroxyl groups is 2. The first-order valence-corrected chi connectivity index (χ1v) is 8.02. The van der Waals surface area contributed by atoms with Gasteiger partial charge in [0.15, 0.2) is 12.3 Å². The van der Waals surface area contributed by atoms with Crippen molar-refractivity contribution in [2.75, 3.05) is 12.3 Å². The van der Waals surface area contributed by atoms with Crippen LogP contribution < -0.4 is 11.4 Å². The normalized spacial score (nSPS) is 25.2. The average molecular weight is 361 g/mol. The molecule has 1 aliphatic rings. The van der Waals surface area contributed by atoms with Gasteiger partial charge in [0, 0.05) is 6.20 Å². The Morgan fingerprint density at radius 3 is 2.69 bits per heavy atom. The molecule has 2 heterocycles. The van der Waals surface area contributed by atoms with E-state index in [0.29, 0.717) is 0 Å². The summed E-state index contributed by atoms with van der Waals surface area (Å²) in [5, 5.41) is 20.0. The molecular weight excluding hydrogens is 342 g/mol. The van der Waals surface area contributed by atoms with Crippen molar-refractivity contribution in [3.05, 3.63) is 58.6 Å².